The van der Waals surface area contributed by atoms with Crippen LogP contribution in [0.1, 0.15) is 35.8 Å². The summed E-state index contributed by atoms with van der Waals surface area (Å²) >= 11 is 1.13. The predicted octanol–water partition coefficient (Wildman–Crippen LogP) is 2.02. The summed E-state index contributed by atoms with van der Waals surface area (Å²) in [5.74, 6) is 3.93. The number of nitrogens with one attached hydrogen (secondary N) is 1. The normalized spacial score (nSPS) is 24.8. The largest absolute Gasteiger partial charge is 0.461 e. The van der Waals surface area contributed by atoms with E-state index in [1.54, 1.807) is 38.2 Å². The number of aliphatic hydroxyl groups is 2. The number of carbonyl (C=O) groups excluding carboxylic acids is 2. The number of likely N-dealkylation sites (tertiary alicyclic amines) is 1. The molecule has 4 rings (SSSR count). The van der Waals surface area contributed by atoms with Crippen molar-refractivity contribution in [3.8, 4) is 22.4 Å². The summed E-state index contributed by atoms with van der Waals surface area (Å²) in [6.07, 6.45) is -1.70. The molecule has 1 aromatic carbocycles. The smallest absolute Gasteiger partial charge is 0.360 e. The lowest BCUT2D eigenvalue weighted by molar-refractivity contribution is -0.137. The molecule has 1 amide bonds. The molecule has 2 aromatic rings. The van der Waals surface area contributed by atoms with Crippen LogP contribution in [0, 0.1) is 17.8 Å². The lowest BCUT2D eigenvalue weighted by Crippen LogP contribution is -2.37. The predicted molar refractivity (Wildman–Crippen MR) is 120 cm³/mol. The van der Waals surface area contributed by atoms with Crippen LogP contribution >= 0.6 is 11.3 Å². The first-order chi connectivity index (χ1) is 15.7. The molecule has 2 aliphatic rings. The molecule has 10 heteroatoms. The zero-order valence-electron chi connectivity index (χ0n) is 18.2. The number of rotatable bonds is 6. The number of alkyl halides is 1. The van der Waals surface area contributed by atoms with E-state index < -0.39 is 35.8 Å². The molecule has 33 heavy (non-hydrogen) atoms. The second-order valence-electron chi connectivity index (χ2n) is 8.09. The molecule has 1 aromatic heterocycles. The van der Waals surface area contributed by atoms with Crippen LogP contribution in [0.2, 0.25) is 0 Å². The molecule has 4 atom stereocenters. The Kier molecular flexibility index (Phi) is 6.38. The summed E-state index contributed by atoms with van der Waals surface area (Å²) in [6.45, 7) is 2.27. The Bertz CT molecular complexity index is 1140. The zero-order valence-corrected chi connectivity index (χ0v) is 19.0. The molecule has 8 nitrogen and oxygen atoms in total. The maximum Gasteiger partial charge on any atom is 0.360 e. The van der Waals surface area contributed by atoms with Gasteiger partial charge in [0.15, 0.2) is 5.69 Å². The third kappa shape index (κ3) is 4.85. The van der Waals surface area contributed by atoms with Gasteiger partial charge in [-0.05, 0) is 25.5 Å². The Morgan fingerprint density at radius 1 is 1.52 bits per heavy atom. The molecule has 1 unspecified atom stereocenters. The van der Waals surface area contributed by atoms with Gasteiger partial charge in [-0.25, -0.2) is 14.2 Å². The van der Waals surface area contributed by atoms with Gasteiger partial charge in [0.25, 0.3) is 5.91 Å². The van der Waals surface area contributed by atoms with E-state index in [-0.39, 0.29) is 25.1 Å². The molecule has 0 radical (unpaired) electrons. The Morgan fingerprint density at radius 3 is 2.91 bits per heavy atom. The minimum atomic E-state index is -1.70. The van der Waals surface area contributed by atoms with E-state index in [1.807, 2.05) is 0 Å². The van der Waals surface area contributed by atoms with E-state index in [0.29, 0.717) is 27.7 Å². The monoisotopic (exact) mass is 473 g/mol. The molecular formula is C23H24FN3O5S. The van der Waals surface area contributed by atoms with E-state index in [2.05, 4.69) is 22.1 Å². The number of esters is 1. The number of hydrogen-bond acceptors (Lipinski definition) is 8. The van der Waals surface area contributed by atoms with Gasteiger partial charge in [0.05, 0.1) is 6.61 Å². The van der Waals surface area contributed by atoms with Crippen LogP contribution in [-0.2, 0) is 9.53 Å². The molecule has 1 saturated carbocycles. The maximum atomic E-state index is 13.3. The van der Waals surface area contributed by atoms with Crippen molar-refractivity contribution in [2.45, 2.75) is 37.8 Å². The van der Waals surface area contributed by atoms with Gasteiger partial charge in [0.2, 0.25) is 5.60 Å². The van der Waals surface area contributed by atoms with Crippen LogP contribution in [0.5, 0.6) is 0 Å². The van der Waals surface area contributed by atoms with E-state index in [9.17, 15) is 24.2 Å². The van der Waals surface area contributed by atoms with Crippen molar-refractivity contribution < 1.29 is 28.9 Å². The average molecular weight is 474 g/mol. The summed E-state index contributed by atoms with van der Waals surface area (Å²) in [7, 11) is 1.62. The number of thiazole rings is 1. The third-order valence-electron chi connectivity index (χ3n) is 5.57. The quantitative estimate of drug-likeness (QED) is 0.334. The van der Waals surface area contributed by atoms with Crippen LogP contribution in [0.4, 0.5) is 9.39 Å². The number of anilines is 1. The van der Waals surface area contributed by atoms with E-state index in [1.165, 1.54) is 4.90 Å². The molecule has 0 bridgehead atoms. The van der Waals surface area contributed by atoms with Crippen molar-refractivity contribution in [2.24, 2.45) is 5.92 Å². The highest BCUT2D eigenvalue weighted by Gasteiger charge is 2.44. The number of aromatic nitrogens is 1. The zero-order chi connectivity index (χ0) is 23.8. The van der Waals surface area contributed by atoms with Crippen LogP contribution in [0.3, 0.4) is 0 Å². The number of halogens is 1. The standard InChI is InChI=1S/C23H24FN3O5S/c1-3-32-21(29)17-20(26-18(28)15-12-16(15)24)33-19(25-17)14-6-4-5-13(11-14)7-8-23(31)9-10-27(2)22(23)30/h4-6,11,15-16,18,26,28,31H,3,9-10,12H2,1-2H3/t15-,16+,18?,23-/m0/s1. The number of amides is 1. The summed E-state index contributed by atoms with van der Waals surface area (Å²) in [4.78, 5) is 30.3. The highest BCUT2D eigenvalue weighted by molar-refractivity contribution is 7.19. The SMILES string of the molecule is CCOC(=O)c1nc(-c2cccc(C#C[C@]3(O)CCN(C)C3=O)c2)sc1NC(O)[C@H]1C[C@H]1F. The molecule has 2 heterocycles. The highest BCUT2D eigenvalue weighted by atomic mass is 32.1. The number of carbonyl (C=O) groups is 2. The lowest BCUT2D eigenvalue weighted by atomic mass is 10.0. The van der Waals surface area contributed by atoms with Gasteiger partial charge in [-0.1, -0.05) is 35.3 Å². The Balaban J connectivity index is 1.61. The summed E-state index contributed by atoms with van der Waals surface area (Å²) in [5.41, 5.74) is -0.481. The Morgan fingerprint density at radius 2 is 2.27 bits per heavy atom. The van der Waals surface area contributed by atoms with Gasteiger partial charge in [-0.15, -0.1) is 0 Å². The number of benzene rings is 1. The molecule has 1 saturated heterocycles. The van der Waals surface area contributed by atoms with Gasteiger partial charge in [0.1, 0.15) is 22.4 Å². The van der Waals surface area contributed by atoms with E-state index in [0.717, 1.165) is 11.3 Å². The second-order valence-corrected chi connectivity index (χ2v) is 9.09. The number of nitrogens with zero attached hydrogens (tertiary/aromatic N) is 2. The lowest BCUT2D eigenvalue weighted by Gasteiger charge is -2.13. The molecule has 1 aliphatic carbocycles. The van der Waals surface area contributed by atoms with Crippen molar-refractivity contribution in [3.05, 3.63) is 35.5 Å². The fourth-order valence-electron chi connectivity index (χ4n) is 3.50. The number of aliphatic hydroxyl groups excluding tert-OH is 1. The average Bonchev–Trinajstić information content (AvgIpc) is 3.30. The van der Waals surface area contributed by atoms with Gasteiger partial charge >= 0.3 is 5.97 Å². The fourth-order valence-corrected chi connectivity index (χ4v) is 4.48. The minimum absolute atomic E-state index is 0.0114. The van der Waals surface area contributed by atoms with Gasteiger partial charge < -0.3 is 25.2 Å². The molecule has 1 aliphatic heterocycles. The third-order valence-corrected chi connectivity index (χ3v) is 6.61. The summed E-state index contributed by atoms with van der Waals surface area (Å²) in [6, 6.07) is 6.99. The summed E-state index contributed by atoms with van der Waals surface area (Å²) < 4.78 is 18.4. The number of likely N-dealkylation sites (N-methyl/N-ethyl adjacent to an activating group) is 1. The maximum absolute atomic E-state index is 13.3. The topological polar surface area (TPSA) is 112 Å². The van der Waals surface area contributed by atoms with Gasteiger partial charge in [0, 0.05) is 37.1 Å². The Labute approximate surface area is 194 Å². The molecular weight excluding hydrogens is 449 g/mol. The number of ether oxygens (including phenoxy) is 1. The van der Waals surface area contributed by atoms with Crippen LogP contribution in [0.25, 0.3) is 10.6 Å². The van der Waals surface area contributed by atoms with E-state index in [4.69, 9.17) is 4.74 Å². The van der Waals surface area contributed by atoms with Crippen molar-refractivity contribution in [3.63, 3.8) is 0 Å². The first-order valence-corrected chi connectivity index (χ1v) is 11.4. The van der Waals surface area contributed by atoms with E-state index >= 15 is 0 Å². The number of hydrogen-bond donors (Lipinski definition) is 3. The summed E-state index contributed by atoms with van der Waals surface area (Å²) in [5, 5.41) is 24.3. The van der Waals surface area contributed by atoms with Gasteiger partial charge in [-0.2, -0.15) is 0 Å². The molecule has 174 valence electrons. The second kappa shape index (κ2) is 9.09. The molecule has 2 fully saturated rings. The van der Waals surface area contributed by atoms with Crippen molar-refractivity contribution in [2.75, 3.05) is 25.5 Å². The van der Waals surface area contributed by atoms with Crippen molar-refractivity contribution in [1.29, 1.82) is 0 Å². The highest BCUT2D eigenvalue weighted by Crippen LogP contribution is 2.39. The fraction of sp³-hybridized carbons (Fsp3) is 0.435. The van der Waals surface area contributed by atoms with Crippen LogP contribution in [-0.4, -0.2) is 70.2 Å². The first kappa shape index (κ1) is 23.2. The molecule has 3 N–H and O–H groups in total. The van der Waals surface area contributed by atoms with Crippen LogP contribution < -0.4 is 5.32 Å². The van der Waals surface area contributed by atoms with Crippen molar-refractivity contribution in [1.82, 2.24) is 9.88 Å². The van der Waals surface area contributed by atoms with Crippen molar-refractivity contribution >= 4 is 28.2 Å². The first-order valence-electron chi connectivity index (χ1n) is 10.6. The van der Waals surface area contributed by atoms with Gasteiger partial charge in [-0.3, -0.25) is 4.79 Å². The van der Waals surface area contributed by atoms with Crippen LogP contribution in [0.15, 0.2) is 24.3 Å². The molecule has 0 spiro atoms. The minimum Gasteiger partial charge on any atom is -0.461 e. The Hall–Kier alpha value is -3.00.